The molecule has 0 heterocycles. The maximum atomic E-state index is 13.1. The molecule has 0 aliphatic rings. The molecule has 0 rings (SSSR count). The molecule has 0 aliphatic heterocycles. The fraction of sp³-hybridized carbons (Fsp3) is 1.00. The second-order valence-electron chi connectivity index (χ2n) is 2.71. The second-order valence-corrected chi connectivity index (χ2v) is 5.43. The molecule has 0 bridgehead atoms. The van der Waals surface area contributed by atoms with E-state index in [-0.39, 0.29) is 0 Å². The lowest BCUT2D eigenvalue weighted by molar-refractivity contribution is -0.307. The maximum Gasteiger partial charge on any atom is 0.444 e. The quantitative estimate of drug-likeness (QED) is 0.471. The summed E-state index contributed by atoms with van der Waals surface area (Å²) in [5, 5.41) is -15.2. The molecule has 0 fully saturated rings. The molecular weight excluding hydrogens is 386 g/mol. The summed E-state index contributed by atoms with van der Waals surface area (Å²) in [5.41, 5.74) is 0. The summed E-state index contributed by atoms with van der Waals surface area (Å²) in [7, 11) is 0. The number of alkyl halides is 12. The van der Waals surface area contributed by atoms with Gasteiger partial charge in [-0.05, 0) is 23.2 Å². The van der Waals surface area contributed by atoms with Crippen LogP contribution in [0.2, 0.25) is 0 Å². The van der Waals surface area contributed by atoms with Crippen LogP contribution < -0.4 is 0 Å². The number of ether oxygens (including phenoxy) is 1. The molecule has 0 aromatic rings. The van der Waals surface area contributed by atoms with Crippen molar-refractivity contribution in [3.63, 3.8) is 0 Å². The summed E-state index contributed by atoms with van der Waals surface area (Å²) in [4.78, 5) is 0. The Labute approximate surface area is 120 Å². The smallest absolute Gasteiger partial charge is 0.274 e. The van der Waals surface area contributed by atoms with Crippen LogP contribution in [0.5, 0.6) is 0 Å². The van der Waals surface area contributed by atoms with Crippen molar-refractivity contribution in [2.45, 2.75) is 26.5 Å². The first-order valence-electron chi connectivity index (χ1n) is 3.43. The van der Waals surface area contributed by atoms with E-state index >= 15 is 0 Å². The summed E-state index contributed by atoms with van der Waals surface area (Å²) < 4.78 is 86.1. The van der Waals surface area contributed by atoms with E-state index in [4.69, 9.17) is 0 Å². The molecule has 3 atom stereocenters. The third kappa shape index (κ3) is 3.73. The lowest BCUT2D eigenvalue weighted by atomic mass is 10.3. The lowest BCUT2D eigenvalue weighted by Crippen LogP contribution is -2.56. The minimum absolute atomic E-state index is 2.91. The standard InChI is InChI=1S/C5Cl5F7O/c6-1(11,5(15,16)17)3(9,13)18-4(10,14)2(7,8)12. The first-order chi connectivity index (χ1) is 7.46. The van der Waals surface area contributed by atoms with Crippen LogP contribution >= 0.6 is 58.0 Å². The Morgan fingerprint density at radius 1 is 0.611 bits per heavy atom. The number of hydrogen-bond donors (Lipinski definition) is 0. The molecule has 110 valence electrons. The summed E-state index contributed by atoms with van der Waals surface area (Å²) in [5.74, 6) is 0. The molecular formula is C5Cl5F7O. The zero-order valence-corrected chi connectivity index (χ0v) is 11.2. The first-order valence-corrected chi connectivity index (χ1v) is 5.32. The van der Waals surface area contributed by atoms with Crippen LogP contribution in [0.3, 0.4) is 0 Å². The molecule has 0 spiro atoms. The first kappa shape index (κ1) is 18.9. The van der Waals surface area contributed by atoms with Gasteiger partial charge in [0.25, 0.3) is 0 Å². The number of halogens is 12. The van der Waals surface area contributed by atoms with E-state index in [0.29, 0.717) is 0 Å². The molecule has 0 aliphatic carbocycles. The molecule has 0 N–H and O–H groups in total. The van der Waals surface area contributed by atoms with Crippen molar-refractivity contribution in [3.8, 4) is 0 Å². The van der Waals surface area contributed by atoms with Gasteiger partial charge in [-0.2, -0.15) is 26.3 Å². The van der Waals surface area contributed by atoms with Crippen molar-refractivity contribution >= 4 is 58.0 Å². The zero-order valence-electron chi connectivity index (χ0n) is 7.44. The van der Waals surface area contributed by atoms with Crippen molar-refractivity contribution in [2.24, 2.45) is 0 Å². The summed E-state index contributed by atoms with van der Waals surface area (Å²) in [6.07, 6.45) is -6.14. The highest BCUT2D eigenvalue weighted by Gasteiger charge is 2.73. The van der Waals surface area contributed by atoms with E-state index in [1.807, 2.05) is 0 Å². The number of rotatable bonds is 4. The Morgan fingerprint density at radius 2 is 0.944 bits per heavy atom. The minimum Gasteiger partial charge on any atom is -0.274 e. The fourth-order valence-corrected chi connectivity index (χ4v) is 0.923. The largest absolute Gasteiger partial charge is 0.444 e. The van der Waals surface area contributed by atoms with Crippen LogP contribution in [-0.2, 0) is 4.74 Å². The van der Waals surface area contributed by atoms with Gasteiger partial charge in [-0.15, -0.1) is 0 Å². The Kier molecular flexibility index (Phi) is 5.29. The van der Waals surface area contributed by atoms with Gasteiger partial charge in [-0.3, -0.25) is 4.74 Å². The van der Waals surface area contributed by atoms with Crippen LogP contribution in [0.4, 0.5) is 30.7 Å². The molecule has 1 nitrogen and oxygen atoms in total. The van der Waals surface area contributed by atoms with Crippen LogP contribution in [0.25, 0.3) is 0 Å². The van der Waals surface area contributed by atoms with E-state index < -0.39 is 26.5 Å². The van der Waals surface area contributed by atoms with Crippen molar-refractivity contribution in [1.82, 2.24) is 0 Å². The highest BCUT2D eigenvalue weighted by Crippen LogP contribution is 2.55. The molecule has 0 amide bonds. The molecule has 0 saturated heterocycles. The third-order valence-electron chi connectivity index (χ3n) is 1.31. The molecule has 13 heteroatoms. The van der Waals surface area contributed by atoms with Crippen molar-refractivity contribution in [3.05, 3.63) is 0 Å². The van der Waals surface area contributed by atoms with Gasteiger partial charge in [0.05, 0.1) is 0 Å². The fourth-order valence-electron chi connectivity index (χ4n) is 0.448. The summed E-state index contributed by atoms with van der Waals surface area (Å²) >= 11 is 21.6. The van der Waals surface area contributed by atoms with E-state index in [1.54, 1.807) is 0 Å². The lowest BCUT2D eigenvalue weighted by Gasteiger charge is -2.35. The Bertz CT molecular complexity index is 308. The van der Waals surface area contributed by atoms with Crippen LogP contribution in [-0.4, -0.2) is 26.5 Å². The SMILES string of the molecule is FC(F)(F)C(F)(Cl)C(F)(Cl)OC(F)(Cl)C(F)(Cl)Cl. The van der Waals surface area contributed by atoms with Gasteiger partial charge in [0.1, 0.15) is 0 Å². The highest BCUT2D eigenvalue weighted by atomic mass is 35.5. The van der Waals surface area contributed by atoms with Crippen LogP contribution in [0.1, 0.15) is 0 Å². The van der Waals surface area contributed by atoms with Gasteiger partial charge in [0.2, 0.25) is 0 Å². The van der Waals surface area contributed by atoms with Crippen molar-refractivity contribution in [2.75, 3.05) is 0 Å². The van der Waals surface area contributed by atoms with E-state index in [2.05, 4.69) is 62.7 Å². The Balaban J connectivity index is 5.33. The van der Waals surface area contributed by atoms with E-state index in [0.717, 1.165) is 0 Å². The second kappa shape index (κ2) is 5.04. The van der Waals surface area contributed by atoms with Gasteiger partial charge in [-0.1, -0.05) is 34.8 Å². The van der Waals surface area contributed by atoms with Gasteiger partial charge in [0.15, 0.2) is 0 Å². The molecule has 0 saturated carbocycles. The average molecular weight is 386 g/mol. The van der Waals surface area contributed by atoms with Gasteiger partial charge in [0, 0.05) is 0 Å². The number of hydrogen-bond acceptors (Lipinski definition) is 1. The Morgan fingerprint density at radius 3 is 1.17 bits per heavy atom. The van der Waals surface area contributed by atoms with Gasteiger partial charge < -0.3 is 0 Å². The monoisotopic (exact) mass is 384 g/mol. The van der Waals surface area contributed by atoms with E-state index in [1.165, 1.54) is 0 Å². The van der Waals surface area contributed by atoms with Crippen molar-refractivity contribution in [1.29, 1.82) is 0 Å². The predicted octanol–water partition coefficient (Wildman–Crippen LogP) is 5.29. The summed E-state index contributed by atoms with van der Waals surface area (Å²) in [6, 6.07) is 0. The average Bonchev–Trinajstić information content (AvgIpc) is 1.96. The van der Waals surface area contributed by atoms with Crippen LogP contribution in [0, 0.1) is 0 Å². The summed E-state index contributed by atoms with van der Waals surface area (Å²) in [6.45, 7) is 0. The molecule has 0 radical (unpaired) electrons. The van der Waals surface area contributed by atoms with Gasteiger partial charge in [-0.25, -0.2) is 4.39 Å². The molecule has 18 heavy (non-hydrogen) atoms. The topological polar surface area (TPSA) is 9.23 Å². The minimum atomic E-state index is -6.14. The van der Waals surface area contributed by atoms with Crippen molar-refractivity contribution < 1.29 is 35.5 Å². The van der Waals surface area contributed by atoms with Crippen LogP contribution in [0.15, 0.2) is 0 Å². The van der Waals surface area contributed by atoms with Gasteiger partial charge >= 0.3 is 26.5 Å². The molecule has 3 unspecified atom stereocenters. The zero-order chi connectivity index (χ0) is 15.2. The highest BCUT2D eigenvalue weighted by molar-refractivity contribution is 6.51. The Hall–Kier alpha value is 0.920. The predicted molar refractivity (Wildman–Crippen MR) is 51.8 cm³/mol. The molecule has 0 aromatic heterocycles. The maximum absolute atomic E-state index is 13.1. The molecule has 0 aromatic carbocycles. The third-order valence-corrected chi connectivity index (χ3v) is 3.22. The normalized spacial score (nSPS) is 24.0. The van der Waals surface area contributed by atoms with E-state index in [9.17, 15) is 30.7 Å².